The smallest absolute Gasteiger partial charge is 0.335 e. The lowest BCUT2D eigenvalue weighted by atomic mass is 10.0. The van der Waals surface area contributed by atoms with E-state index in [-0.39, 0.29) is 41.7 Å². The summed E-state index contributed by atoms with van der Waals surface area (Å²) in [6.45, 7) is 4.23. The van der Waals surface area contributed by atoms with Gasteiger partial charge >= 0.3 is 5.97 Å². The number of halogens is 3. The number of benzene rings is 2. The van der Waals surface area contributed by atoms with Crippen molar-refractivity contribution in [2.75, 3.05) is 13.2 Å². The molecular formula is C30H30F3N5O5. The van der Waals surface area contributed by atoms with Crippen LogP contribution in [0.15, 0.2) is 42.6 Å². The Bertz CT molecular complexity index is 1650. The van der Waals surface area contributed by atoms with Crippen molar-refractivity contribution >= 4 is 17.0 Å². The van der Waals surface area contributed by atoms with Crippen LogP contribution < -0.4 is 9.47 Å². The van der Waals surface area contributed by atoms with Crippen LogP contribution in [0.1, 0.15) is 48.2 Å². The Kier molecular flexibility index (Phi) is 8.17. The minimum absolute atomic E-state index is 0.0258. The van der Waals surface area contributed by atoms with E-state index in [1.807, 2.05) is 4.57 Å². The summed E-state index contributed by atoms with van der Waals surface area (Å²) < 4.78 is 61.0. The van der Waals surface area contributed by atoms with Crippen molar-refractivity contribution in [1.29, 1.82) is 0 Å². The second kappa shape index (κ2) is 12.2. The number of rotatable bonds is 10. The Morgan fingerprint density at radius 2 is 1.95 bits per heavy atom. The van der Waals surface area contributed by atoms with E-state index in [2.05, 4.69) is 26.8 Å². The van der Waals surface area contributed by atoms with Crippen molar-refractivity contribution in [2.24, 2.45) is 0 Å². The van der Waals surface area contributed by atoms with Crippen molar-refractivity contribution in [3.63, 3.8) is 0 Å². The summed E-state index contributed by atoms with van der Waals surface area (Å²) in [5.41, 5.74) is 0.469. The van der Waals surface area contributed by atoms with Gasteiger partial charge in [0.15, 0.2) is 23.2 Å². The maximum atomic E-state index is 14.9. The topological polar surface area (TPSA) is 112 Å². The van der Waals surface area contributed by atoms with Gasteiger partial charge in [-0.25, -0.2) is 27.9 Å². The van der Waals surface area contributed by atoms with E-state index in [9.17, 15) is 23.1 Å². The Labute approximate surface area is 245 Å². The molecule has 2 aromatic heterocycles. The predicted octanol–water partition coefficient (Wildman–Crippen LogP) is 4.74. The molecule has 0 bridgehead atoms. The normalized spacial score (nSPS) is 20.6. The number of hydrogen-bond acceptors (Lipinski definition) is 8. The minimum Gasteiger partial charge on any atom is -0.483 e. The molecule has 0 saturated carbocycles. The summed E-state index contributed by atoms with van der Waals surface area (Å²) in [5.74, 6) is -2.16. The fourth-order valence-corrected chi connectivity index (χ4v) is 5.43. The van der Waals surface area contributed by atoms with Crippen LogP contribution in [0.2, 0.25) is 0 Å². The zero-order valence-electron chi connectivity index (χ0n) is 23.4. The molecular weight excluding hydrogens is 567 g/mol. The van der Waals surface area contributed by atoms with Gasteiger partial charge in [0.05, 0.1) is 30.3 Å². The monoisotopic (exact) mass is 597 g/mol. The summed E-state index contributed by atoms with van der Waals surface area (Å²) in [5, 5.41) is 9.46. The average molecular weight is 598 g/mol. The number of carboxylic acids is 1. The third-order valence-electron chi connectivity index (χ3n) is 7.84. The molecule has 43 heavy (non-hydrogen) atoms. The van der Waals surface area contributed by atoms with E-state index in [0.717, 1.165) is 24.6 Å². The van der Waals surface area contributed by atoms with Crippen LogP contribution in [-0.4, -0.2) is 66.9 Å². The van der Waals surface area contributed by atoms with Crippen LogP contribution in [-0.2, 0) is 24.4 Å². The van der Waals surface area contributed by atoms with Crippen molar-refractivity contribution in [3.05, 3.63) is 77.3 Å². The molecule has 13 heteroatoms. The molecule has 3 atom stereocenters. The Morgan fingerprint density at radius 1 is 1.12 bits per heavy atom. The second-order valence-electron chi connectivity index (χ2n) is 10.8. The summed E-state index contributed by atoms with van der Waals surface area (Å²) in [4.78, 5) is 26.9. The van der Waals surface area contributed by atoms with E-state index in [1.165, 1.54) is 18.3 Å². The summed E-state index contributed by atoms with van der Waals surface area (Å²) in [6, 6.07) is 7.27. The maximum Gasteiger partial charge on any atom is 0.335 e. The molecule has 1 N–H and O–H groups in total. The van der Waals surface area contributed by atoms with E-state index in [4.69, 9.17) is 14.2 Å². The zero-order chi connectivity index (χ0) is 30.1. The van der Waals surface area contributed by atoms with Crippen molar-refractivity contribution < 1.29 is 37.3 Å². The average Bonchev–Trinajstić information content (AvgIpc) is 3.29. The number of carbonyl (C=O) groups is 1. The summed E-state index contributed by atoms with van der Waals surface area (Å²) in [6.07, 6.45) is 3.65. The second-order valence-corrected chi connectivity index (χ2v) is 10.8. The Hall–Kier alpha value is -4.23. The molecule has 2 aliphatic rings. The molecule has 4 aromatic rings. The number of hydrogen-bond donors (Lipinski definition) is 1. The number of fused-ring (bicyclic) bond motifs is 1. The number of aromatic nitrogens is 4. The van der Waals surface area contributed by atoms with Crippen molar-refractivity contribution in [3.8, 4) is 11.6 Å². The lowest BCUT2D eigenvalue weighted by Gasteiger charge is -2.37. The molecule has 226 valence electrons. The maximum absolute atomic E-state index is 14.9. The summed E-state index contributed by atoms with van der Waals surface area (Å²) in [7, 11) is 0. The SMILES string of the molecule is C[C@H]1C[C@@H](Oc2ccnc(COc3ccc(F)cc3F)n2)CCN1Cc1nc2c(F)cc(C(=O)O)cc2n1C[C@@H]1CCO1. The molecule has 2 saturated heterocycles. The van der Waals surface area contributed by atoms with E-state index in [1.54, 1.807) is 6.07 Å². The lowest BCUT2D eigenvalue weighted by molar-refractivity contribution is -0.0593. The zero-order valence-corrected chi connectivity index (χ0v) is 23.4. The van der Waals surface area contributed by atoms with Gasteiger partial charge in [-0.2, -0.15) is 4.98 Å². The standard InChI is InChI=1S/C30H30F3N5O5/c1-17-10-20(43-28-4-7-34-26(35-28)16-42-25-3-2-19(31)13-22(25)32)5-8-37(17)15-27-36-29-23(33)11-18(30(39)40)12-24(29)38(27)14-21-6-9-41-21/h2-4,7,11-13,17,20-21H,5-6,8-10,14-16H2,1H3,(H,39,40)/t17-,20-,21-/m0/s1. The number of aromatic carboxylic acids is 1. The molecule has 2 aromatic carbocycles. The van der Waals surface area contributed by atoms with Crippen LogP contribution in [0.5, 0.6) is 11.6 Å². The molecule has 0 unspecified atom stereocenters. The van der Waals surface area contributed by atoms with Gasteiger partial charge in [-0.1, -0.05) is 0 Å². The van der Waals surface area contributed by atoms with Gasteiger partial charge in [-0.3, -0.25) is 4.90 Å². The first-order valence-electron chi connectivity index (χ1n) is 14.1. The predicted molar refractivity (Wildman–Crippen MR) is 147 cm³/mol. The Balaban J connectivity index is 1.11. The molecule has 10 nitrogen and oxygen atoms in total. The molecule has 4 heterocycles. The first kappa shape index (κ1) is 28.9. The number of piperidine rings is 1. The quantitative estimate of drug-likeness (QED) is 0.277. The number of imidazole rings is 1. The third kappa shape index (κ3) is 6.42. The van der Waals surface area contributed by atoms with E-state index < -0.39 is 23.4 Å². The van der Waals surface area contributed by atoms with Gasteiger partial charge in [0.1, 0.15) is 29.9 Å². The van der Waals surface area contributed by atoms with Crippen LogP contribution in [0.25, 0.3) is 11.0 Å². The largest absolute Gasteiger partial charge is 0.483 e. The highest BCUT2D eigenvalue weighted by atomic mass is 19.1. The van der Waals surface area contributed by atoms with Gasteiger partial charge < -0.3 is 23.9 Å². The van der Waals surface area contributed by atoms with Gasteiger partial charge in [-0.05, 0) is 50.5 Å². The Morgan fingerprint density at radius 3 is 2.67 bits per heavy atom. The first-order chi connectivity index (χ1) is 20.7. The number of nitrogens with zero attached hydrogens (tertiary/aromatic N) is 5. The molecule has 2 fully saturated rings. The highest BCUT2D eigenvalue weighted by Crippen LogP contribution is 2.28. The molecule has 0 spiro atoms. The number of carboxylic acid groups (broad SMARTS) is 1. The third-order valence-corrected chi connectivity index (χ3v) is 7.84. The van der Waals surface area contributed by atoms with Crippen LogP contribution in [0.3, 0.4) is 0 Å². The molecule has 0 aliphatic carbocycles. The van der Waals surface area contributed by atoms with Crippen LogP contribution >= 0.6 is 0 Å². The molecule has 6 rings (SSSR count). The van der Waals surface area contributed by atoms with Gasteiger partial charge in [0.2, 0.25) is 5.88 Å². The summed E-state index contributed by atoms with van der Waals surface area (Å²) >= 11 is 0. The molecule has 0 amide bonds. The van der Waals surface area contributed by atoms with Gasteiger partial charge in [0.25, 0.3) is 0 Å². The highest BCUT2D eigenvalue weighted by molar-refractivity contribution is 5.92. The highest BCUT2D eigenvalue weighted by Gasteiger charge is 2.30. The van der Waals surface area contributed by atoms with E-state index in [0.29, 0.717) is 62.1 Å². The van der Waals surface area contributed by atoms with Crippen LogP contribution in [0.4, 0.5) is 13.2 Å². The first-order valence-corrected chi connectivity index (χ1v) is 14.1. The number of ether oxygens (including phenoxy) is 3. The fourth-order valence-electron chi connectivity index (χ4n) is 5.43. The van der Waals surface area contributed by atoms with Gasteiger partial charge in [-0.15, -0.1) is 0 Å². The van der Waals surface area contributed by atoms with Crippen LogP contribution in [0, 0.1) is 17.5 Å². The number of likely N-dealkylation sites (tertiary alicyclic amines) is 1. The van der Waals surface area contributed by atoms with Gasteiger partial charge in [0, 0.05) is 37.5 Å². The molecule has 0 radical (unpaired) electrons. The fraction of sp³-hybridized carbons (Fsp3) is 0.400. The lowest BCUT2D eigenvalue weighted by Crippen LogP contribution is -2.44. The van der Waals surface area contributed by atoms with E-state index >= 15 is 0 Å². The molecule has 2 aliphatic heterocycles. The van der Waals surface area contributed by atoms with Crippen molar-refractivity contribution in [2.45, 2.75) is 64.1 Å². The van der Waals surface area contributed by atoms with Crippen molar-refractivity contribution in [1.82, 2.24) is 24.4 Å². The minimum atomic E-state index is -1.20.